The van der Waals surface area contributed by atoms with Gasteiger partial charge in [-0.3, -0.25) is 9.36 Å². The van der Waals surface area contributed by atoms with Crippen LogP contribution in [-0.2, 0) is 6.67 Å². The molecule has 0 aliphatic rings. The normalized spacial score (nSPS) is 11.4. The molecule has 0 radical (unpaired) electrons. The van der Waals surface area contributed by atoms with E-state index in [1.165, 1.54) is 16.7 Å². The second-order valence-corrected chi connectivity index (χ2v) is 8.05. The van der Waals surface area contributed by atoms with Crippen LogP contribution in [0, 0.1) is 5.82 Å². The Balaban J connectivity index is 1.61. The fraction of sp³-hybridized carbons (Fsp3) is 0.0357. The summed E-state index contributed by atoms with van der Waals surface area (Å²) >= 11 is 0. The molecule has 4 aromatic carbocycles. The van der Waals surface area contributed by atoms with Gasteiger partial charge in [-0.25, -0.2) is 8.78 Å². The number of hydrogen-bond acceptors (Lipinski definition) is 5. The zero-order valence-corrected chi connectivity index (χ0v) is 18.8. The third-order valence-corrected chi connectivity index (χ3v) is 5.86. The van der Waals surface area contributed by atoms with E-state index in [-0.39, 0.29) is 28.6 Å². The minimum Gasteiger partial charge on any atom is -0.505 e. The number of azo groups is 1. The quantitative estimate of drug-likeness (QED) is 0.193. The van der Waals surface area contributed by atoms with Gasteiger partial charge in [0, 0.05) is 27.8 Å². The fourth-order valence-electron chi connectivity index (χ4n) is 4.10. The molecule has 0 bridgehead atoms. The predicted molar refractivity (Wildman–Crippen MR) is 133 cm³/mol. The Morgan fingerprint density at radius 2 is 1.69 bits per heavy atom. The van der Waals surface area contributed by atoms with Gasteiger partial charge in [-0.2, -0.15) is 0 Å². The van der Waals surface area contributed by atoms with Gasteiger partial charge in [0.15, 0.2) is 11.4 Å². The van der Waals surface area contributed by atoms with Gasteiger partial charge >= 0.3 is 0 Å². The number of alkyl halides is 1. The number of carbonyl (C=O) groups is 1. The molecule has 0 aliphatic heterocycles. The molecule has 0 amide bonds. The Bertz CT molecular complexity index is 1640. The van der Waals surface area contributed by atoms with E-state index in [1.54, 1.807) is 66.7 Å². The zero-order chi connectivity index (χ0) is 25.2. The third-order valence-electron chi connectivity index (χ3n) is 5.86. The van der Waals surface area contributed by atoms with E-state index in [4.69, 9.17) is 0 Å². The number of hydrogen-bond donors (Lipinski definition) is 2. The van der Waals surface area contributed by atoms with E-state index in [0.29, 0.717) is 33.3 Å². The molecule has 0 saturated heterocycles. The Morgan fingerprint density at radius 1 is 0.889 bits per heavy atom. The number of rotatable bonds is 6. The van der Waals surface area contributed by atoms with E-state index in [0.717, 1.165) is 12.4 Å². The highest BCUT2D eigenvalue weighted by atomic mass is 19.1. The fourth-order valence-corrected chi connectivity index (χ4v) is 4.10. The maximum Gasteiger partial charge on any atom is 0.225 e. The number of aromatic hydroxyl groups is 2. The van der Waals surface area contributed by atoms with E-state index in [1.807, 2.05) is 0 Å². The number of carbonyl (C=O) groups excluding carboxylic acids is 1. The van der Waals surface area contributed by atoms with E-state index in [9.17, 15) is 23.8 Å². The summed E-state index contributed by atoms with van der Waals surface area (Å²) < 4.78 is 28.6. The standard InChI is InChI=1S/C28H19F2N3O3/c29-15-19-14-20(11-12-23(19)30)33-25-10-2-1-7-22(25)26(28(33)36)32-31-24-9-4-8-21(27(24)35)18-6-3-5-17(13-18)16-34/h1-14,16,35-36H,15H2. The van der Waals surface area contributed by atoms with Crippen LogP contribution in [0.25, 0.3) is 27.7 Å². The second kappa shape index (κ2) is 9.42. The number of halogens is 2. The first-order valence-electron chi connectivity index (χ1n) is 11.0. The molecule has 8 heteroatoms. The van der Waals surface area contributed by atoms with E-state index < -0.39 is 12.5 Å². The van der Waals surface area contributed by atoms with Gasteiger partial charge in [-0.1, -0.05) is 48.5 Å². The van der Waals surface area contributed by atoms with Crippen LogP contribution in [0.1, 0.15) is 15.9 Å². The van der Waals surface area contributed by atoms with Crippen LogP contribution in [0.3, 0.4) is 0 Å². The smallest absolute Gasteiger partial charge is 0.225 e. The molecule has 0 saturated carbocycles. The summed E-state index contributed by atoms with van der Waals surface area (Å²) in [6, 6.07) is 22.6. The lowest BCUT2D eigenvalue weighted by molar-refractivity contribution is 0.112. The van der Waals surface area contributed by atoms with Crippen molar-refractivity contribution < 1.29 is 23.8 Å². The number of aromatic nitrogens is 1. The predicted octanol–water partition coefficient (Wildman–Crippen LogP) is 7.55. The number of aldehydes is 1. The molecular formula is C28H19F2N3O3. The highest BCUT2D eigenvalue weighted by Crippen LogP contribution is 2.43. The SMILES string of the molecule is O=Cc1cccc(-c2cccc(N=Nc3c(O)n(-c4ccc(F)c(CF)c4)c4ccccc34)c2O)c1. The van der Waals surface area contributed by atoms with Crippen molar-refractivity contribution >= 4 is 28.6 Å². The van der Waals surface area contributed by atoms with Crippen molar-refractivity contribution in [1.29, 1.82) is 0 Å². The Kier molecular flexibility index (Phi) is 6.00. The van der Waals surface area contributed by atoms with Crippen molar-refractivity contribution in [3.05, 3.63) is 102 Å². The number of benzene rings is 4. The summed E-state index contributed by atoms with van der Waals surface area (Å²) in [6.45, 7) is -0.989. The van der Waals surface area contributed by atoms with Gasteiger partial charge in [0.05, 0.1) is 5.52 Å². The second-order valence-electron chi connectivity index (χ2n) is 8.05. The van der Waals surface area contributed by atoms with Gasteiger partial charge in [0.1, 0.15) is 24.5 Å². The lowest BCUT2D eigenvalue weighted by atomic mass is 10.0. The average molecular weight is 483 g/mol. The van der Waals surface area contributed by atoms with Crippen LogP contribution in [0.15, 0.2) is 95.2 Å². The maximum atomic E-state index is 13.9. The number of phenols is 1. The average Bonchev–Trinajstić information content (AvgIpc) is 3.19. The highest BCUT2D eigenvalue weighted by Gasteiger charge is 2.19. The van der Waals surface area contributed by atoms with Crippen molar-refractivity contribution in [3.8, 4) is 28.4 Å². The number of nitrogens with zero attached hydrogens (tertiary/aromatic N) is 3. The van der Waals surface area contributed by atoms with Crippen molar-refractivity contribution in [3.63, 3.8) is 0 Å². The molecule has 1 heterocycles. The summed E-state index contributed by atoms with van der Waals surface area (Å²) in [7, 11) is 0. The summed E-state index contributed by atoms with van der Waals surface area (Å²) in [5.41, 5.74) is 2.64. The van der Waals surface area contributed by atoms with Crippen molar-refractivity contribution in [2.24, 2.45) is 10.2 Å². The lowest BCUT2D eigenvalue weighted by Crippen LogP contribution is -1.96. The molecule has 5 rings (SSSR count). The molecule has 1 aromatic heterocycles. The molecule has 5 aromatic rings. The Morgan fingerprint density at radius 3 is 2.50 bits per heavy atom. The van der Waals surface area contributed by atoms with Crippen molar-refractivity contribution in [1.82, 2.24) is 4.57 Å². The van der Waals surface area contributed by atoms with Gasteiger partial charge in [0.2, 0.25) is 5.88 Å². The first-order chi connectivity index (χ1) is 17.5. The molecule has 0 unspecified atom stereocenters. The molecule has 0 atom stereocenters. The summed E-state index contributed by atoms with van der Waals surface area (Å²) in [6.07, 6.45) is 0.723. The van der Waals surface area contributed by atoms with Crippen LogP contribution in [0.5, 0.6) is 11.6 Å². The summed E-state index contributed by atoms with van der Waals surface area (Å²) in [5, 5.41) is 30.9. The molecule has 6 nitrogen and oxygen atoms in total. The molecule has 178 valence electrons. The summed E-state index contributed by atoms with van der Waals surface area (Å²) in [5.74, 6) is -1.09. The number of para-hydroxylation sites is 2. The van der Waals surface area contributed by atoms with Crippen molar-refractivity contribution in [2.75, 3.05) is 0 Å². The largest absolute Gasteiger partial charge is 0.505 e. The monoisotopic (exact) mass is 483 g/mol. The minimum absolute atomic E-state index is 0.129. The topological polar surface area (TPSA) is 87.2 Å². The molecular weight excluding hydrogens is 464 g/mol. The molecule has 0 aliphatic carbocycles. The Labute approximate surface area is 204 Å². The first-order valence-corrected chi connectivity index (χ1v) is 11.0. The van der Waals surface area contributed by atoms with Gasteiger partial charge in [0.25, 0.3) is 0 Å². The van der Waals surface area contributed by atoms with E-state index in [2.05, 4.69) is 10.2 Å². The van der Waals surface area contributed by atoms with Gasteiger partial charge in [-0.15, -0.1) is 10.2 Å². The lowest BCUT2D eigenvalue weighted by Gasteiger charge is -2.09. The summed E-state index contributed by atoms with van der Waals surface area (Å²) in [4.78, 5) is 11.1. The Hall–Kier alpha value is -4.85. The number of phenolic OH excluding ortho intramolecular Hbond substituents is 1. The number of fused-ring (bicyclic) bond motifs is 1. The van der Waals surface area contributed by atoms with Crippen LogP contribution < -0.4 is 0 Å². The van der Waals surface area contributed by atoms with Gasteiger partial charge < -0.3 is 10.2 Å². The van der Waals surface area contributed by atoms with Crippen LogP contribution in [-0.4, -0.2) is 21.1 Å². The minimum atomic E-state index is -0.989. The first kappa shape index (κ1) is 22.9. The van der Waals surface area contributed by atoms with Crippen LogP contribution in [0.4, 0.5) is 20.2 Å². The molecule has 0 fully saturated rings. The third kappa shape index (κ3) is 3.98. The van der Waals surface area contributed by atoms with Crippen LogP contribution in [0.2, 0.25) is 0 Å². The van der Waals surface area contributed by atoms with E-state index >= 15 is 0 Å². The zero-order valence-electron chi connectivity index (χ0n) is 18.8. The molecule has 36 heavy (non-hydrogen) atoms. The molecule has 2 N–H and O–H groups in total. The highest BCUT2D eigenvalue weighted by molar-refractivity contribution is 5.96. The van der Waals surface area contributed by atoms with Crippen LogP contribution >= 0.6 is 0 Å². The van der Waals surface area contributed by atoms with Gasteiger partial charge in [-0.05, 0) is 42.0 Å². The molecule has 0 spiro atoms. The maximum absolute atomic E-state index is 13.9. The van der Waals surface area contributed by atoms with Crippen molar-refractivity contribution in [2.45, 2.75) is 6.67 Å².